The Morgan fingerprint density at radius 3 is 2.71 bits per heavy atom. The Balaban J connectivity index is 1.92. The molecule has 0 saturated heterocycles. The maximum Gasteiger partial charge on any atom is 0.262 e. The normalized spacial score (nSPS) is 10.0. The second-order valence-corrected chi connectivity index (χ2v) is 5.46. The first kappa shape index (κ1) is 15.7. The van der Waals surface area contributed by atoms with Crippen LogP contribution in [0, 0.1) is 0 Å². The van der Waals surface area contributed by atoms with Gasteiger partial charge >= 0.3 is 0 Å². The van der Waals surface area contributed by atoms with Crippen LogP contribution >= 0.6 is 27.5 Å². The van der Waals surface area contributed by atoms with Gasteiger partial charge in [0.2, 0.25) is 0 Å². The standard InChI is InChI=1S/C15H13BrClNO3/c1-20-11-3-2-4-12(8-11)21-9-15(19)18-14-6-5-10(16)7-13(14)17/h2-8H,9H2,1H3,(H,18,19). The molecule has 0 aliphatic carbocycles. The molecule has 21 heavy (non-hydrogen) atoms. The first-order valence-electron chi connectivity index (χ1n) is 6.10. The van der Waals surface area contributed by atoms with Crippen molar-refractivity contribution in [1.29, 1.82) is 0 Å². The van der Waals surface area contributed by atoms with Crippen LogP contribution < -0.4 is 14.8 Å². The maximum atomic E-state index is 11.8. The lowest BCUT2D eigenvalue weighted by atomic mass is 10.3. The third-order valence-electron chi connectivity index (χ3n) is 2.62. The summed E-state index contributed by atoms with van der Waals surface area (Å²) in [6, 6.07) is 12.3. The van der Waals surface area contributed by atoms with Crippen molar-refractivity contribution in [3.05, 3.63) is 52.0 Å². The van der Waals surface area contributed by atoms with Crippen molar-refractivity contribution in [2.24, 2.45) is 0 Å². The van der Waals surface area contributed by atoms with Gasteiger partial charge in [0.05, 0.1) is 17.8 Å². The van der Waals surface area contributed by atoms with E-state index < -0.39 is 0 Å². The number of rotatable bonds is 5. The number of hydrogen-bond acceptors (Lipinski definition) is 3. The lowest BCUT2D eigenvalue weighted by Crippen LogP contribution is -2.20. The number of carbonyl (C=O) groups excluding carboxylic acids is 1. The second-order valence-electron chi connectivity index (χ2n) is 4.14. The van der Waals surface area contributed by atoms with Crippen LogP contribution in [-0.4, -0.2) is 19.6 Å². The van der Waals surface area contributed by atoms with E-state index >= 15 is 0 Å². The van der Waals surface area contributed by atoms with E-state index in [0.717, 1.165) is 4.47 Å². The summed E-state index contributed by atoms with van der Waals surface area (Å²) in [6.07, 6.45) is 0. The van der Waals surface area contributed by atoms with Gasteiger partial charge in [0, 0.05) is 10.5 Å². The lowest BCUT2D eigenvalue weighted by Gasteiger charge is -2.09. The van der Waals surface area contributed by atoms with Crippen LogP contribution in [0.5, 0.6) is 11.5 Å². The molecule has 1 N–H and O–H groups in total. The van der Waals surface area contributed by atoms with E-state index in [2.05, 4.69) is 21.2 Å². The van der Waals surface area contributed by atoms with Gasteiger partial charge in [-0.25, -0.2) is 0 Å². The third kappa shape index (κ3) is 4.65. The van der Waals surface area contributed by atoms with Gasteiger partial charge in [0.15, 0.2) is 6.61 Å². The molecule has 110 valence electrons. The van der Waals surface area contributed by atoms with Crippen LogP contribution in [0.3, 0.4) is 0 Å². The quantitative estimate of drug-likeness (QED) is 0.861. The van der Waals surface area contributed by atoms with Gasteiger partial charge in [0.1, 0.15) is 11.5 Å². The van der Waals surface area contributed by atoms with Crippen LogP contribution in [0.25, 0.3) is 0 Å². The van der Waals surface area contributed by atoms with E-state index in [4.69, 9.17) is 21.1 Å². The first-order chi connectivity index (χ1) is 10.1. The number of benzene rings is 2. The number of amides is 1. The highest BCUT2D eigenvalue weighted by Crippen LogP contribution is 2.25. The number of ether oxygens (including phenoxy) is 2. The highest BCUT2D eigenvalue weighted by molar-refractivity contribution is 9.10. The summed E-state index contributed by atoms with van der Waals surface area (Å²) in [5.41, 5.74) is 0.541. The fourth-order valence-electron chi connectivity index (χ4n) is 1.62. The van der Waals surface area contributed by atoms with E-state index in [1.807, 2.05) is 0 Å². The molecule has 4 nitrogen and oxygen atoms in total. The average molecular weight is 371 g/mol. The van der Waals surface area contributed by atoms with Crippen molar-refractivity contribution < 1.29 is 14.3 Å². The minimum Gasteiger partial charge on any atom is -0.497 e. The molecule has 0 aliphatic rings. The van der Waals surface area contributed by atoms with E-state index in [1.54, 1.807) is 49.6 Å². The largest absolute Gasteiger partial charge is 0.497 e. The number of carbonyl (C=O) groups is 1. The fraction of sp³-hybridized carbons (Fsp3) is 0.133. The van der Waals surface area contributed by atoms with Gasteiger partial charge in [-0.3, -0.25) is 4.79 Å². The minimum absolute atomic E-state index is 0.112. The fourth-order valence-corrected chi connectivity index (χ4v) is 2.34. The molecule has 0 saturated carbocycles. The Labute approximate surface area is 136 Å². The molecule has 0 heterocycles. The minimum atomic E-state index is -0.290. The molecule has 0 unspecified atom stereocenters. The zero-order valence-electron chi connectivity index (χ0n) is 11.2. The topological polar surface area (TPSA) is 47.6 Å². The molecule has 6 heteroatoms. The third-order valence-corrected chi connectivity index (χ3v) is 3.42. The second kappa shape index (κ2) is 7.33. The summed E-state index contributed by atoms with van der Waals surface area (Å²) in [5, 5.41) is 3.15. The first-order valence-corrected chi connectivity index (χ1v) is 7.27. The molecule has 1 amide bonds. The van der Waals surface area contributed by atoms with Gasteiger partial charge in [0.25, 0.3) is 5.91 Å². The van der Waals surface area contributed by atoms with Crippen LogP contribution in [0.2, 0.25) is 5.02 Å². The van der Waals surface area contributed by atoms with Crippen molar-refractivity contribution in [3.63, 3.8) is 0 Å². The highest BCUT2D eigenvalue weighted by atomic mass is 79.9. The zero-order chi connectivity index (χ0) is 15.2. The van der Waals surface area contributed by atoms with Crippen LogP contribution in [0.15, 0.2) is 46.9 Å². The van der Waals surface area contributed by atoms with Crippen LogP contribution in [-0.2, 0) is 4.79 Å². The van der Waals surface area contributed by atoms with E-state index in [1.165, 1.54) is 0 Å². The molecule has 0 radical (unpaired) electrons. The van der Waals surface area contributed by atoms with Gasteiger partial charge in [-0.1, -0.05) is 33.6 Å². The smallest absolute Gasteiger partial charge is 0.262 e. The molecule has 0 spiro atoms. The number of nitrogens with one attached hydrogen (secondary N) is 1. The Hall–Kier alpha value is -1.72. The molecule has 0 aromatic heterocycles. The van der Waals surface area contributed by atoms with Gasteiger partial charge in [-0.2, -0.15) is 0 Å². The number of methoxy groups -OCH3 is 1. The average Bonchev–Trinajstić information content (AvgIpc) is 2.48. The molecule has 0 atom stereocenters. The molecule has 2 aromatic rings. The summed E-state index contributed by atoms with van der Waals surface area (Å²) in [5.74, 6) is 0.942. The molecule has 2 aromatic carbocycles. The molecule has 0 bridgehead atoms. The van der Waals surface area contributed by atoms with Crippen molar-refractivity contribution in [2.75, 3.05) is 19.0 Å². The highest BCUT2D eigenvalue weighted by Gasteiger charge is 2.07. The Morgan fingerprint density at radius 1 is 1.24 bits per heavy atom. The van der Waals surface area contributed by atoms with Crippen molar-refractivity contribution in [2.45, 2.75) is 0 Å². The lowest BCUT2D eigenvalue weighted by molar-refractivity contribution is -0.118. The predicted octanol–water partition coefficient (Wildman–Crippen LogP) is 4.13. The predicted molar refractivity (Wildman–Crippen MR) is 86.3 cm³/mol. The van der Waals surface area contributed by atoms with E-state index in [0.29, 0.717) is 22.2 Å². The van der Waals surface area contributed by atoms with E-state index in [-0.39, 0.29) is 12.5 Å². The van der Waals surface area contributed by atoms with Crippen molar-refractivity contribution in [1.82, 2.24) is 0 Å². The van der Waals surface area contributed by atoms with Gasteiger partial charge < -0.3 is 14.8 Å². The molecule has 0 fully saturated rings. The van der Waals surface area contributed by atoms with Crippen LogP contribution in [0.4, 0.5) is 5.69 Å². The summed E-state index contributed by atoms with van der Waals surface area (Å²) >= 11 is 9.33. The van der Waals surface area contributed by atoms with Crippen LogP contribution in [0.1, 0.15) is 0 Å². The molecular weight excluding hydrogens is 358 g/mol. The Morgan fingerprint density at radius 2 is 2.00 bits per heavy atom. The molecule has 2 rings (SSSR count). The van der Waals surface area contributed by atoms with E-state index in [9.17, 15) is 4.79 Å². The number of anilines is 1. The number of halogens is 2. The zero-order valence-corrected chi connectivity index (χ0v) is 13.6. The monoisotopic (exact) mass is 369 g/mol. The molecule has 0 aliphatic heterocycles. The molecular formula is C15H13BrClNO3. The Bertz CT molecular complexity index is 649. The summed E-state index contributed by atoms with van der Waals surface area (Å²) in [7, 11) is 1.57. The van der Waals surface area contributed by atoms with Crippen molar-refractivity contribution in [3.8, 4) is 11.5 Å². The summed E-state index contributed by atoms with van der Waals surface area (Å²) in [6.45, 7) is -0.112. The Kier molecular flexibility index (Phi) is 5.47. The van der Waals surface area contributed by atoms with Gasteiger partial charge in [-0.15, -0.1) is 0 Å². The number of hydrogen-bond donors (Lipinski definition) is 1. The van der Waals surface area contributed by atoms with Crippen molar-refractivity contribution >= 4 is 39.1 Å². The summed E-state index contributed by atoms with van der Waals surface area (Å²) < 4.78 is 11.3. The maximum absolute atomic E-state index is 11.8. The SMILES string of the molecule is COc1cccc(OCC(=O)Nc2ccc(Br)cc2Cl)c1. The van der Waals surface area contributed by atoms with Gasteiger partial charge in [-0.05, 0) is 30.3 Å². The summed E-state index contributed by atoms with van der Waals surface area (Å²) in [4.78, 5) is 11.8.